The zero-order valence-corrected chi connectivity index (χ0v) is 18.3. The van der Waals surface area contributed by atoms with Crippen LogP contribution in [0.15, 0.2) is 81.9 Å². The number of aliphatic imine (C=N–C) groups is 1. The molecular formula is C26H23BrN2O. The molecule has 0 aromatic heterocycles. The average molecular weight is 459 g/mol. The van der Waals surface area contributed by atoms with Gasteiger partial charge in [0.05, 0.1) is 5.69 Å². The lowest BCUT2D eigenvalue weighted by Crippen LogP contribution is -2.37. The van der Waals surface area contributed by atoms with E-state index in [0.717, 1.165) is 45.2 Å². The zero-order valence-electron chi connectivity index (χ0n) is 16.7. The van der Waals surface area contributed by atoms with E-state index < -0.39 is 0 Å². The lowest BCUT2D eigenvalue weighted by molar-refractivity contribution is -0.113. The second-order valence-corrected chi connectivity index (χ2v) is 8.94. The third-order valence-corrected chi connectivity index (χ3v) is 6.57. The molecule has 0 radical (unpaired) electrons. The average Bonchev–Trinajstić information content (AvgIpc) is 3.11. The lowest BCUT2D eigenvalue weighted by Gasteiger charge is -2.28. The number of carbonyl (C=O) groups is 1. The molecule has 5 rings (SSSR count). The van der Waals surface area contributed by atoms with Gasteiger partial charge in [0.15, 0.2) is 0 Å². The molecule has 0 spiro atoms. The smallest absolute Gasteiger partial charge is 0.266 e. The van der Waals surface area contributed by atoms with Gasteiger partial charge < -0.3 is 0 Å². The van der Waals surface area contributed by atoms with E-state index in [1.165, 1.54) is 19.3 Å². The molecule has 1 heterocycles. The molecule has 30 heavy (non-hydrogen) atoms. The molecule has 2 aliphatic rings. The largest absolute Gasteiger partial charge is 0.282 e. The lowest BCUT2D eigenvalue weighted by atomic mass is 9.88. The summed E-state index contributed by atoms with van der Waals surface area (Å²) in [4.78, 5) is 20.4. The zero-order chi connectivity index (χ0) is 20.5. The number of amidine groups is 1. The monoisotopic (exact) mass is 458 g/mol. The van der Waals surface area contributed by atoms with Crippen molar-refractivity contribution in [2.75, 3.05) is 4.90 Å². The summed E-state index contributed by atoms with van der Waals surface area (Å²) in [5.74, 6) is 1.21. The summed E-state index contributed by atoms with van der Waals surface area (Å²) in [7, 11) is 0. The predicted molar refractivity (Wildman–Crippen MR) is 128 cm³/mol. The van der Waals surface area contributed by atoms with E-state index in [2.05, 4.69) is 34.1 Å². The van der Waals surface area contributed by atoms with Gasteiger partial charge in [0.25, 0.3) is 5.91 Å². The summed E-state index contributed by atoms with van der Waals surface area (Å²) < 4.78 is 1.02. The van der Waals surface area contributed by atoms with Crippen molar-refractivity contribution in [3.63, 3.8) is 0 Å². The highest BCUT2D eigenvalue weighted by atomic mass is 79.9. The van der Waals surface area contributed by atoms with Gasteiger partial charge in [-0.25, -0.2) is 4.99 Å². The highest BCUT2D eigenvalue weighted by Crippen LogP contribution is 2.36. The van der Waals surface area contributed by atoms with Crippen LogP contribution >= 0.6 is 15.9 Å². The number of anilines is 1. The van der Waals surface area contributed by atoms with Gasteiger partial charge in [-0.3, -0.25) is 9.69 Å². The van der Waals surface area contributed by atoms with Crippen molar-refractivity contribution in [3.8, 4) is 0 Å². The second kappa shape index (κ2) is 8.19. The van der Waals surface area contributed by atoms with Gasteiger partial charge in [-0.2, -0.15) is 0 Å². The van der Waals surface area contributed by atoms with Crippen LogP contribution in [0.3, 0.4) is 0 Å². The van der Waals surface area contributed by atoms with Gasteiger partial charge in [0.2, 0.25) is 0 Å². The molecule has 0 unspecified atom stereocenters. The van der Waals surface area contributed by atoms with Crippen LogP contribution in [0, 0.1) is 5.92 Å². The van der Waals surface area contributed by atoms with E-state index in [1.807, 2.05) is 59.5 Å². The molecule has 1 aliphatic heterocycles. The number of fused-ring (bicyclic) bond motifs is 1. The Kier molecular flexibility index (Phi) is 5.26. The van der Waals surface area contributed by atoms with E-state index in [4.69, 9.17) is 4.99 Å². The van der Waals surface area contributed by atoms with Crippen LogP contribution in [0.4, 0.5) is 5.69 Å². The van der Waals surface area contributed by atoms with Gasteiger partial charge in [-0.05, 0) is 48.1 Å². The molecule has 3 nitrogen and oxygen atoms in total. The minimum atomic E-state index is -0.0326. The summed E-state index contributed by atoms with van der Waals surface area (Å²) in [6.45, 7) is 0. The first kappa shape index (κ1) is 19.3. The molecule has 1 aliphatic carbocycles. The Bertz CT molecular complexity index is 1150. The predicted octanol–water partition coefficient (Wildman–Crippen LogP) is 6.97. The normalized spacial score (nSPS) is 19.0. The van der Waals surface area contributed by atoms with Crippen molar-refractivity contribution in [1.29, 1.82) is 0 Å². The van der Waals surface area contributed by atoms with Gasteiger partial charge in [0, 0.05) is 15.8 Å². The minimum Gasteiger partial charge on any atom is -0.266 e. The Labute approximate surface area is 185 Å². The molecular weight excluding hydrogens is 436 g/mol. The fraction of sp³-hybridized carbons (Fsp3) is 0.231. The minimum absolute atomic E-state index is 0.0326. The molecule has 0 atom stereocenters. The van der Waals surface area contributed by atoms with Crippen molar-refractivity contribution in [3.05, 3.63) is 82.5 Å². The Hall–Kier alpha value is -2.72. The van der Waals surface area contributed by atoms with Gasteiger partial charge in [-0.15, -0.1) is 0 Å². The fourth-order valence-corrected chi connectivity index (χ4v) is 4.79. The summed E-state index contributed by atoms with van der Waals surface area (Å²) >= 11 is 3.47. The van der Waals surface area contributed by atoms with E-state index in [9.17, 15) is 4.79 Å². The number of halogens is 1. The third-order valence-electron chi connectivity index (χ3n) is 6.04. The molecule has 1 saturated carbocycles. The molecule has 1 fully saturated rings. The van der Waals surface area contributed by atoms with E-state index in [-0.39, 0.29) is 5.91 Å². The summed E-state index contributed by atoms with van der Waals surface area (Å²) in [5, 5.41) is 2.22. The second-order valence-electron chi connectivity index (χ2n) is 8.02. The molecule has 0 N–H and O–H groups in total. The van der Waals surface area contributed by atoms with Crippen molar-refractivity contribution >= 4 is 50.2 Å². The molecule has 150 valence electrons. The maximum atomic E-state index is 13.6. The molecule has 1 amide bonds. The Morgan fingerprint density at radius 3 is 2.43 bits per heavy atom. The van der Waals surface area contributed by atoms with Crippen LogP contribution in [0.2, 0.25) is 0 Å². The summed E-state index contributed by atoms with van der Waals surface area (Å²) in [6.07, 6.45) is 7.77. The van der Waals surface area contributed by atoms with E-state index in [1.54, 1.807) is 0 Å². The molecule has 0 bridgehead atoms. The first-order valence-corrected chi connectivity index (χ1v) is 11.4. The number of nitrogens with zero attached hydrogens (tertiary/aromatic N) is 2. The maximum Gasteiger partial charge on any atom is 0.282 e. The van der Waals surface area contributed by atoms with Gasteiger partial charge in [0.1, 0.15) is 11.5 Å². The van der Waals surface area contributed by atoms with E-state index in [0.29, 0.717) is 11.6 Å². The third kappa shape index (κ3) is 3.61. The Balaban J connectivity index is 1.62. The summed E-state index contributed by atoms with van der Waals surface area (Å²) in [6, 6.07) is 22.4. The quantitative estimate of drug-likeness (QED) is 0.390. The van der Waals surface area contributed by atoms with Crippen LogP contribution in [0.25, 0.3) is 16.8 Å². The summed E-state index contributed by atoms with van der Waals surface area (Å²) in [5.41, 5.74) is 2.43. The number of hydrogen-bond acceptors (Lipinski definition) is 2. The first-order chi connectivity index (χ1) is 14.7. The van der Waals surface area contributed by atoms with Crippen molar-refractivity contribution in [2.24, 2.45) is 10.9 Å². The SMILES string of the molecule is O=C1/C(=C/c2ccc(Br)cc2)N=C(C2CCCCC2)N1c1cccc2ccccc12. The van der Waals surface area contributed by atoms with Crippen LogP contribution in [0.5, 0.6) is 0 Å². The molecule has 0 saturated heterocycles. The van der Waals surface area contributed by atoms with Crippen molar-refractivity contribution in [2.45, 2.75) is 32.1 Å². The fourth-order valence-electron chi connectivity index (χ4n) is 4.52. The number of benzene rings is 3. The standard InChI is InChI=1S/C26H23BrN2O/c27-21-15-13-18(14-16-21)17-23-26(30)29(25(28-23)20-8-2-1-3-9-20)24-12-6-10-19-7-4-5-11-22(19)24/h4-7,10-17,20H,1-3,8-9H2/b23-17-. The Morgan fingerprint density at radius 2 is 1.63 bits per heavy atom. The molecule has 4 heteroatoms. The van der Waals surface area contributed by atoms with Crippen molar-refractivity contribution in [1.82, 2.24) is 0 Å². The topological polar surface area (TPSA) is 32.7 Å². The number of amides is 1. The highest BCUT2D eigenvalue weighted by molar-refractivity contribution is 9.10. The number of rotatable bonds is 3. The van der Waals surface area contributed by atoms with Crippen LogP contribution < -0.4 is 4.90 Å². The van der Waals surface area contributed by atoms with Crippen molar-refractivity contribution < 1.29 is 4.79 Å². The maximum absolute atomic E-state index is 13.6. The first-order valence-electron chi connectivity index (χ1n) is 10.6. The Morgan fingerprint density at radius 1 is 0.900 bits per heavy atom. The highest BCUT2D eigenvalue weighted by Gasteiger charge is 2.36. The van der Waals surface area contributed by atoms with Gasteiger partial charge >= 0.3 is 0 Å². The molecule has 3 aromatic rings. The van der Waals surface area contributed by atoms with Crippen LogP contribution in [-0.4, -0.2) is 11.7 Å². The van der Waals surface area contributed by atoms with Crippen LogP contribution in [-0.2, 0) is 4.79 Å². The van der Waals surface area contributed by atoms with E-state index >= 15 is 0 Å². The molecule has 3 aromatic carbocycles. The number of carbonyl (C=O) groups excluding carboxylic acids is 1. The number of hydrogen-bond donors (Lipinski definition) is 0. The van der Waals surface area contributed by atoms with Crippen LogP contribution in [0.1, 0.15) is 37.7 Å². The van der Waals surface area contributed by atoms with Gasteiger partial charge in [-0.1, -0.05) is 83.7 Å².